The summed E-state index contributed by atoms with van der Waals surface area (Å²) in [5, 5.41) is 0. The largest absolute Gasteiger partial charge is 0.465 e. The Bertz CT molecular complexity index is 295. The molecule has 0 aliphatic carbocycles. The van der Waals surface area contributed by atoms with Crippen molar-refractivity contribution >= 4 is 15.9 Å². The van der Waals surface area contributed by atoms with Crippen LogP contribution >= 0.6 is 15.9 Å². The van der Waals surface area contributed by atoms with Crippen molar-refractivity contribution in [2.45, 2.75) is 25.6 Å². The van der Waals surface area contributed by atoms with Gasteiger partial charge < -0.3 is 9.47 Å². The second-order valence-corrected chi connectivity index (χ2v) is 4.29. The molecule has 0 spiro atoms. The number of benzene rings is 1. The van der Waals surface area contributed by atoms with E-state index in [0.717, 1.165) is 29.7 Å². The topological polar surface area (TPSA) is 18.5 Å². The lowest BCUT2D eigenvalue weighted by molar-refractivity contribution is -0.105. The molecular formula is C11H13BrO2. The van der Waals surface area contributed by atoms with Crippen molar-refractivity contribution in [3.63, 3.8) is 0 Å². The summed E-state index contributed by atoms with van der Waals surface area (Å²) < 4.78 is 12.2. The van der Waals surface area contributed by atoms with Gasteiger partial charge in [0.05, 0.1) is 6.61 Å². The number of hydrogen-bond donors (Lipinski definition) is 0. The molecule has 0 bridgehead atoms. The van der Waals surface area contributed by atoms with E-state index >= 15 is 0 Å². The molecule has 1 aromatic rings. The fourth-order valence-electron chi connectivity index (χ4n) is 1.50. The van der Waals surface area contributed by atoms with E-state index in [2.05, 4.69) is 15.9 Å². The van der Waals surface area contributed by atoms with Gasteiger partial charge >= 0.3 is 0 Å². The average Bonchev–Trinajstić information content (AvgIpc) is 2.19. The Morgan fingerprint density at radius 3 is 3.00 bits per heavy atom. The van der Waals surface area contributed by atoms with E-state index in [0.29, 0.717) is 0 Å². The van der Waals surface area contributed by atoms with Gasteiger partial charge in [0.25, 0.3) is 0 Å². The average molecular weight is 257 g/mol. The van der Waals surface area contributed by atoms with Crippen LogP contribution in [0.3, 0.4) is 0 Å². The van der Waals surface area contributed by atoms with Crippen LogP contribution in [0.15, 0.2) is 28.7 Å². The monoisotopic (exact) mass is 256 g/mol. The van der Waals surface area contributed by atoms with Gasteiger partial charge in [0, 0.05) is 10.9 Å². The zero-order valence-corrected chi connectivity index (χ0v) is 9.50. The SMILES string of the molecule is Brc1cccc(O[C@@H]2CCCCO2)c1. The van der Waals surface area contributed by atoms with Crippen LogP contribution in [0.2, 0.25) is 0 Å². The van der Waals surface area contributed by atoms with E-state index in [9.17, 15) is 0 Å². The fraction of sp³-hybridized carbons (Fsp3) is 0.455. The van der Waals surface area contributed by atoms with Gasteiger partial charge in [0.1, 0.15) is 5.75 Å². The third-order valence-electron chi connectivity index (χ3n) is 2.20. The van der Waals surface area contributed by atoms with Gasteiger partial charge in [0.2, 0.25) is 0 Å². The molecule has 0 N–H and O–H groups in total. The van der Waals surface area contributed by atoms with Crippen molar-refractivity contribution in [2.24, 2.45) is 0 Å². The predicted octanol–water partition coefficient (Wildman–Crippen LogP) is 3.35. The number of ether oxygens (including phenoxy) is 2. The van der Waals surface area contributed by atoms with Gasteiger partial charge in [0.15, 0.2) is 6.29 Å². The maximum atomic E-state index is 5.68. The molecule has 1 heterocycles. The molecule has 2 rings (SSSR count). The Hall–Kier alpha value is -0.540. The maximum Gasteiger partial charge on any atom is 0.199 e. The quantitative estimate of drug-likeness (QED) is 0.808. The lowest BCUT2D eigenvalue weighted by atomic mass is 10.2. The van der Waals surface area contributed by atoms with Gasteiger partial charge in [-0.1, -0.05) is 22.0 Å². The summed E-state index contributed by atoms with van der Waals surface area (Å²) in [6.45, 7) is 0.818. The highest BCUT2D eigenvalue weighted by molar-refractivity contribution is 9.10. The van der Waals surface area contributed by atoms with Crippen LogP contribution in [0.5, 0.6) is 5.75 Å². The molecular weight excluding hydrogens is 244 g/mol. The van der Waals surface area contributed by atoms with Crippen molar-refractivity contribution in [1.29, 1.82) is 0 Å². The maximum absolute atomic E-state index is 5.68. The van der Waals surface area contributed by atoms with Crippen molar-refractivity contribution < 1.29 is 9.47 Å². The molecule has 0 saturated carbocycles. The first kappa shape index (κ1) is 9.99. The third kappa shape index (κ3) is 2.72. The van der Waals surface area contributed by atoms with Crippen LogP contribution in [0, 0.1) is 0 Å². The van der Waals surface area contributed by atoms with Gasteiger partial charge in [-0.3, -0.25) is 0 Å². The summed E-state index contributed by atoms with van der Waals surface area (Å²) in [7, 11) is 0. The molecule has 1 aliphatic rings. The second kappa shape index (κ2) is 4.80. The zero-order chi connectivity index (χ0) is 9.80. The highest BCUT2D eigenvalue weighted by Gasteiger charge is 2.14. The van der Waals surface area contributed by atoms with Crippen LogP contribution in [-0.2, 0) is 4.74 Å². The van der Waals surface area contributed by atoms with Crippen LogP contribution in [0.1, 0.15) is 19.3 Å². The molecule has 1 fully saturated rings. The Morgan fingerprint density at radius 1 is 1.36 bits per heavy atom. The third-order valence-corrected chi connectivity index (χ3v) is 2.69. The Balaban J connectivity index is 1.95. The van der Waals surface area contributed by atoms with E-state index in [4.69, 9.17) is 9.47 Å². The minimum atomic E-state index is -0.0574. The predicted molar refractivity (Wildman–Crippen MR) is 58.4 cm³/mol. The molecule has 1 atom stereocenters. The fourth-order valence-corrected chi connectivity index (χ4v) is 1.87. The first-order chi connectivity index (χ1) is 6.84. The number of halogens is 1. The first-order valence-corrected chi connectivity index (χ1v) is 5.68. The normalized spacial score (nSPS) is 21.9. The van der Waals surface area contributed by atoms with Gasteiger partial charge in [-0.15, -0.1) is 0 Å². The van der Waals surface area contributed by atoms with E-state index in [1.807, 2.05) is 24.3 Å². The van der Waals surface area contributed by atoms with Crippen molar-refractivity contribution in [2.75, 3.05) is 6.61 Å². The summed E-state index contributed by atoms with van der Waals surface area (Å²) in [6, 6.07) is 7.84. The van der Waals surface area contributed by atoms with Crippen LogP contribution < -0.4 is 4.74 Å². The lowest BCUT2D eigenvalue weighted by Gasteiger charge is -2.23. The van der Waals surface area contributed by atoms with Crippen molar-refractivity contribution in [1.82, 2.24) is 0 Å². The number of rotatable bonds is 2. The van der Waals surface area contributed by atoms with Crippen molar-refractivity contribution in [3.05, 3.63) is 28.7 Å². The van der Waals surface area contributed by atoms with Crippen LogP contribution in [0.25, 0.3) is 0 Å². The molecule has 0 amide bonds. The minimum Gasteiger partial charge on any atom is -0.465 e. The van der Waals surface area contributed by atoms with E-state index < -0.39 is 0 Å². The molecule has 14 heavy (non-hydrogen) atoms. The number of hydrogen-bond acceptors (Lipinski definition) is 2. The first-order valence-electron chi connectivity index (χ1n) is 4.88. The molecule has 76 valence electrons. The molecule has 0 radical (unpaired) electrons. The van der Waals surface area contributed by atoms with E-state index in [1.165, 1.54) is 6.42 Å². The summed E-state index contributed by atoms with van der Waals surface area (Å²) in [6.07, 6.45) is 3.28. The van der Waals surface area contributed by atoms with E-state index in [1.54, 1.807) is 0 Å². The highest BCUT2D eigenvalue weighted by Crippen LogP contribution is 2.22. The molecule has 2 nitrogen and oxygen atoms in total. The minimum absolute atomic E-state index is 0.0574. The molecule has 1 saturated heterocycles. The van der Waals surface area contributed by atoms with Gasteiger partial charge in [-0.2, -0.15) is 0 Å². The molecule has 1 aromatic carbocycles. The molecule has 3 heteroatoms. The summed E-state index contributed by atoms with van der Waals surface area (Å²) >= 11 is 3.41. The summed E-state index contributed by atoms with van der Waals surface area (Å²) in [4.78, 5) is 0. The summed E-state index contributed by atoms with van der Waals surface area (Å²) in [5.41, 5.74) is 0. The highest BCUT2D eigenvalue weighted by atomic mass is 79.9. The Kier molecular flexibility index (Phi) is 3.43. The van der Waals surface area contributed by atoms with Gasteiger partial charge in [-0.25, -0.2) is 0 Å². The second-order valence-electron chi connectivity index (χ2n) is 3.37. The molecule has 0 unspecified atom stereocenters. The van der Waals surface area contributed by atoms with Crippen molar-refractivity contribution in [3.8, 4) is 5.75 Å². The zero-order valence-electron chi connectivity index (χ0n) is 7.91. The van der Waals surface area contributed by atoms with E-state index in [-0.39, 0.29) is 6.29 Å². The Morgan fingerprint density at radius 2 is 2.29 bits per heavy atom. The van der Waals surface area contributed by atoms with Gasteiger partial charge in [-0.05, 0) is 31.0 Å². The lowest BCUT2D eigenvalue weighted by Crippen LogP contribution is -2.24. The van der Waals surface area contributed by atoms with Crippen LogP contribution in [-0.4, -0.2) is 12.9 Å². The molecule has 0 aromatic heterocycles. The van der Waals surface area contributed by atoms with Crippen LogP contribution in [0.4, 0.5) is 0 Å². The Labute approximate surface area is 92.3 Å². The smallest absolute Gasteiger partial charge is 0.199 e. The molecule has 1 aliphatic heterocycles. The summed E-state index contributed by atoms with van der Waals surface area (Å²) in [5.74, 6) is 0.867. The standard InChI is InChI=1S/C11H13BrO2/c12-9-4-3-5-10(8-9)14-11-6-1-2-7-13-11/h3-5,8,11H,1-2,6-7H2/t11-/m1/s1.